The molecule has 2 saturated carbocycles. The minimum Gasteiger partial charge on any atom is -0.354 e. The Balaban J connectivity index is 1.25. The standard InChI is InChI=1S/C23H26N2O3/c26-18(24-14-23(10-4-5-11-23)17-6-2-1-3-7-17)13-25-21(27)19-15-8-9-16(12-15)20(19)22(25)28/h1-3,6-9,15-16,19-20H,4-5,10-14H2,(H,24,26). The summed E-state index contributed by atoms with van der Waals surface area (Å²) >= 11 is 0. The molecule has 3 aliphatic carbocycles. The summed E-state index contributed by atoms with van der Waals surface area (Å²) in [5.41, 5.74) is 1.23. The highest BCUT2D eigenvalue weighted by atomic mass is 16.2. The fourth-order valence-corrected chi connectivity index (χ4v) is 6.00. The third kappa shape index (κ3) is 2.63. The zero-order chi connectivity index (χ0) is 19.3. The Hall–Kier alpha value is -2.43. The van der Waals surface area contributed by atoms with Gasteiger partial charge in [0.1, 0.15) is 6.54 Å². The van der Waals surface area contributed by atoms with Crippen molar-refractivity contribution in [1.29, 1.82) is 0 Å². The predicted octanol–water partition coefficient (Wildman–Crippen LogP) is 2.42. The largest absolute Gasteiger partial charge is 0.354 e. The maximum Gasteiger partial charge on any atom is 0.240 e. The van der Waals surface area contributed by atoms with E-state index in [0.29, 0.717) is 6.54 Å². The first-order valence-electron chi connectivity index (χ1n) is 10.4. The van der Waals surface area contributed by atoms with E-state index in [2.05, 4.69) is 29.6 Å². The van der Waals surface area contributed by atoms with Gasteiger partial charge in [0, 0.05) is 12.0 Å². The van der Waals surface area contributed by atoms with E-state index in [-0.39, 0.29) is 53.4 Å². The van der Waals surface area contributed by atoms with Crippen LogP contribution in [0.2, 0.25) is 0 Å². The lowest BCUT2D eigenvalue weighted by Crippen LogP contribution is -2.45. The van der Waals surface area contributed by atoms with Crippen LogP contribution in [0, 0.1) is 23.7 Å². The molecular weight excluding hydrogens is 352 g/mol. The molecule has 28 heavy (non-hydrogen) atoms. The average Bonchev–Trinajstić information content (AvgIpc) is 3.49. The molecular formula is C23H26N2O3. The molecule has 1 heterocycles. The molecule has 1 saturated heterocycles. The van der Waals surface area contributed by atoms with E-state index in [0.717, 1.165) is 32.1 Å². The van der Waals surface area contributed by atoms with Crippen molar-refractivity contribution in [3.8, 4) is 0 Å². The zero-order valence-corrected chi connectivity index (χ0v) is 16.0. The Kier molecular flexibility index (Phi) is 4.14. The SMILES string of the molecule is O=C(CN1C(=O)C2C3C=CC(C3)C2C1=O)NCC1(c2ccccc2)CCCC1. The van der Waals surface area contributed by atoms with Gasteiger partial charge >= 0.3 is 0 Å². The third-order valence-electron chi connectivity index (χ3n) is 7.43. The lowest BCUT2D eigenvalue weighted by molar-refractivity contribution is -0.144. The summed E-state index contributed by atoms with van der Waals surface area (Å²) in [6.45, 7) is 0.417. The lowest BCUT2D eigenvalue weighted by atomic mass is 9.79. The van der Waals surface area contributed by atoms with Crippen LogP contribution in [0.5, 0.6) is 0 Å². The molecule has 5 nitrogen and oxygen atoms in total. The number of carbonyl (C=O) groups excluding carboxylic acids is 3. The molecule has 1 aliphatic heterocycles. The zero-order valence-electron chi connectivity index (χ0n) is 16.0. The molecule has 0 radical (unpaired) electrons. The Morgan fingerprint density at radius 3 is 2.21 bits per heavy atom. The molecule has 1 N–H and O–H groups in total. The summed E-state index contributed by atoms with van der Waals surface area (Å²) in [5, 5.41) is 3.03. The Morgan fingerprint density at radius 1 is 1.00 bits per heavy atom. The van der Waals surface area contributed by atoms with Crippen LogP contribution in [0.25, 0.3) is 0 Å². The van der Waals surface area contributed by atoms with E-state index >= 15 is 0 Å². The van der Waals surface area contributed by atoms with Crippen molar-refractivity contribution in [2.24, 2.45) is 23.7 Å². The number of amides is 3. The molecule has 0 spiro atoms. The van der Waals surface area contributed by atoms with E-state index in [1.165, 1.54) is 10.5 Å². The molecule has 146 valence electrons. The van der Waals surface area contributed by atoms with Gasteiger partial charge in [-0.25, -0.2) is 0 Å². The second-order valence-electron chi connectivity index (χ2n) is 8.89. The molecule has 5 heteroatoms. The first-order chi connectivity index (χ1) is 13.6. The van der Waals surface area contributed by atoms with Gasteiger partial charge in [0.15, 0.2) is 0 Å². The van der Waals surface area contributed by atoms with Crippen molar-refractivity contribution in [1.82, 2.24) is 10.2 Å². The molecule has 1 aromatic carbocycles. The van der Waals surface area contributed by atoms with E-state index in [9.17, 15) is 14.4 Å². The molecule has 3 amide bonds. The fraction of sp³-hybridized carbons (Fsp3) is 0.522. The third-order valence-corrected chi connectivity index (χ3v) is 7.43. The summed E-state index contributed by atoms with van der Waals surface area (Å²) in [6, 6.07) is 10.4. The number of likely N-dealkylation sites (tertiary alicyclic amines) is 1. The van der Waals surface area contributed by atoms with E-state index in [4.69, 9.17) is 0 Å². The highest BCUT2D eigenvalue weighted by Gasteiger charge is 2.59. The van der Waals surface area contributed by atoms with Crippen LogP contribution in [0.15, 0.2) is 42.5 Å². The first-order valence-corrected chi connectivity index (χ1v) is 10.4. The van der Waals surface area contributed by atoms with Crippen molar-refractivity contribution < 1.29 is 14.4 Å². The number of carbonyl (C=O) groups is 3. The minimum atomic E-state index is -0.235. The summed E-state index contributed by atoms with van der Waals surface area (Å²) < 4.78 is 0. The van der Waals surface area contributed by atoms with Gasteiger partial charge in [-0.1, -0.05) is 55.3 Å². The molecule has 4 atom stereocenters. The first kappa shape index (κ1) is 17.7. The Labute approximate surface area is 165 Å². The number of hydrogen-bond acceptors (Lipinski definition) is 3. The van der Waals surface area contributed by atoms with Gasteiger partial charge in [0.05, 0.1) is 11.8 Å². The van der Waals surface area contributed by atoms with Crippen LogP contribution < -0.4 is 5.32 Å². The monoisotopic (exact) mass is 378 g/mol. The molecule has 4 aliphatic rings. The van der Waals surface area contributed by atoms with Crippen molar-refractivity contribution in [3.05, 3.63) is 48.0 Å². The van der Waals surface area contributed by atoms with Gasteiger partial charge in [-0.05, 0) is 36.7 Å². The van der Waals surface area contributed by atoms with Crippen LogP contribution in [0.1, 0.15) is 37.7 Å². The van der Waals surface area contributed by atoms with Crippen LogP contribution in [0.3, 0.4) is 0 Å². The fourth-order valence-electron chi connectivity index (χ4n) is 6.00. The van der Waals surface area contributed by atoms with E-state index < -0.39 is 0 Å². The second kappa shape index (κ2) is 6.57. The van der Waals surface area contributed by atoms with Gasteiger partial charge in [-0.3, -0.25) is 19.3 Å². The molecule has 0 aromatic heterocycles. The summed E-state index contributed by atoms with van der Waals surface area (Å²) in [7, 11) is 0. The number of benzene rings is 1. The predicted molar refractivity (Wildman–Crippen MR) is 104 cm³/mol. The Bertz CT molecular complexity index is 811. The summed E-state index contributed by atoms with van der Waals surface area (Å²) in [4.78, 5) is 39.4. The van der Waals surface area contributed by atoms with Crippen LogP contribution >= 0.6 is 0 Å². The number of imide groups is 1. The maximum absolute atomic E-state index is 12.8. The van der Waals surface area contributed by atoms with Crippen LogP contribution in [-0.4, -0.2) is 35.7 Å². The number of nitrogens with zero attached hydrogens (tertiary/aromatic N) is 1. The van der Waals surface area contributed by atoms with E-state index in [1.807, 2.05) is 18.2 Å². The highest BCUT2D eigenvalue weighted by molar-refractivity contribution is 6.08. The van der Waals surface area contributed by atoms with E-state index in [1.54, 1.807) is 0 Å². The molecule has 4 unspecified atom stereocenters. The average molecular weight is 378 g/mol. The normalized spacial score (nSPS) is 32.2. The van der Waals surface area contributed by atoms with Gasteiger partial charge in [0.2, 0.25) is 17.7 Å². The number of fused-ring (bicyclic) bond motifs is 5. The highest BCUT2D eigenvalue weighted by Crippen LogP contribution is 2.52. The van der Waals surface area contributed by atoms with Crippen LogP contribution in [0.4, 0.5) is 0 Å². The van der Waals surface area contributed by atoms with Crippen molar-refractivity contribution in [2.45, 2.75) is 37.5 Å². The number of allylic oxidation sites excluding steroid dienone is 2. The van der Waals surface area contributed by atoms with Crippen molar-refractivity contribution in [3.63, 3.8) is 0 Å². The van der Waals surface area contributed by atoms with Crippen molar-refractivity contribution >= 4 is 17.7 Å². The van der Waals surface area contributed by atoms with Gasteiger partial charge in [0.25, 0.3) is 0 Å². The number of nitrogens with one attached hydrogen (secondary N) is 1. The quantitative estimate of drug-likeness (QED) is 0.632. The Morgan fingerprint density at radius 2 is 1.61 bits per heavy atom. The smallest absolute Gasteiger partial charge is 0.240 e. The van der Waals surface area contributed by atoms with Gasteiger partial charge in [-0.15, -0.1) is 0 Å². The topological polar surface area (TPSA) is 66.5 Å². The van der Waals surface area contributed by atoms with Crippen LogP contribution in [-0.2, 0) is 19.8 Å². The van der Waals surface area contributed by atoms with Crippen molar-refractivity contribution in [2.75, 3.05) is 13.1 Å². The molecule has 5 rings (SSSR count). The molecule has 1 aromatic rings. The summed E-state index contributed by atoms with van der Waals surface area (Å²) in [5.74, 6) is -0.647. The number of rotatable bonds is 5. The van der Waals surface area contributed by atoms with Gasteiger partial charge < -0.3 is 5.32 Å². The minimum absolute atomic E-state index is 0.0323. The molecule has 2 bridgehead atoms. The number of hydrogen-bond donors (Lipinski definition) is 1. The second-order valence-corrected chi connectivity index (χ2v) is 8.89. The maximum atomic E-state index is 12.8. The molecule has 3 fully saturated rings. The lowest BCUT2D eigenvalue weighted by Gasteiger charge is -2.30. The summed E-state index contributed by atoms with van der Waals surface area (Å²) in [6.07, 6.45) is 9.48. The van der Waals surface area contributed by atoms with Gasteiger partial charge in [-0.2, -0.15) is 0 Å².